The first-order valence-corrected chi connectivity index (χ1v) is 7.92. The van der Waals surface area contributed by atoms with Gasteiger partial charge >= 0.3 is 5.97 Å². The molecule has 1 amide bonds. The lowest BCUT2D eigenvalue weighted by molar-refractivity contribution is -0.121. The topological polar surface area (TPSA) is 95.3 Å². The first kappa shape index (κ1) is 17.4. The van der Waals surface area contributed by atoms with E-state index in [0.717, 1.165) is 16.0 Å². The van der Waals surface area contributed by atoms with E-state index >= 15 is 0 Å². The van der Waals surface area contributed by atoms with Crippen molar-refractivity contribution in [2.24, 2.45) is 0 Å². The Morgan fingerprint density at radius 3 is 2.65 bits per heavy atom. The number of anilines is 1. The first-order chi connectivity index (χ1) is 12.5. The Labute approximate surface area is 149 Å². The lowest BCUT2D eigenvalue weighted by Gasteiger charge is -2.09. The summed E-state index contributed by atoms with van der Waals surface area (Å²) in [6.45, 7) is 3.72. The van der Waals surface area contributed by atoms with Gasteiger partial charge in [0.15, 0.2) is 6.61 Å². The second-order valence-corrected chi connectivity index (χ2v) is 5.78. The highest BCUT2D eigenvalue weighted by molar-refractivity contribution is 5.93. The van der Waals surface area contributed by atoms with Crippen LogP contribution in [0.2, 0.25) is 0 Å². The number of benzene rings is 2. The van der Waals surface area contributed by atoms with Crippen LogP contribution in [0.15, 0.2) is 36.4 Å². The lowest BCUT2D eigenvalue weighted by atomic mass is 10.1. The standard InChI is InChI=1S/C18H18N4O4/c1-11-4-6-14(8-12(11)2)19-17(23)10-26-22-16-9-13(18(24)25-3)5-7-15(16)20-21-22/h4-9H,10H2,1-3H3,(H,19,23). The fraction of sp³-hybridized carbons (Fsp3) is 0.222. The molecule has 0 aliphatic rings. The number of esters is 1. The summed E-state index contributed by atoms with van der Waals surface area (Å²) in [5.74, 6) is -0.812. The number of hydrogen-bond acceptors (Lipinski definition) is 6. The Balaban J connectivity index is 1.69. The van der Waals surface area contributed by atoms with Crippen LogP contribution in [0.25, 0.3) is 11.0 Å². The Bertz CT molecular complexity index is 980. The van der Waals surface area contributed by atoms with E-state index in [1.54, 1.807) is 18.2 Å². The number of hydrogen-bond donors (Lipinski definition) is 1. The first-order valence-electron chi connectivity index (χ1n) is 7.92. The number of aryl methyl sites for hydroxylation is 2. The zero-order valence-electron chi connectivity index (χ0n) is 14.6. The van der Waals surface area contributed by atoms with Gasteiger partial charge in [-0.3, -0.25) is 4.79 Å². The lowest BCUT2D eigenvalue weighted by Crippen LogP contribution is -2.26. The van der Waals surface area contributed by atoms with Gasteiger partial charge in [0.1, 0.15) is 11.0 Å². The van der Waals surface area contributed by atoms with Gasteiger partial charge < -0.3 is 14.9 Å². The molecule has 1 heterocycles. The number of methoxy groups -OCH3 is 1. The molecule has 0 bridgehead atoms. The van der Waals surface area contributed by atoms with Crippen LogP contribution in [0.4, 0.5) is 5.69 Å². The van der Waals surface area contributed by atoms with E-state index in [4.69, 9.17) is 9.57 Å². The minimum absolute atomic E-state index is 0.256. The molecular formula is C18H18N4O4. The number of fused-ring (bicyclic) bond motifs is 1. The largest absolute Gasteiger partial charge is 0.465 e. The highest BCUT2D eigenvalue weighted by Gasteiger charge is 2.12. The Kier molecular flexibility index (Phi) is 4.83. The van der Waals surface area contributed by atoms with E-state index in [2.05, 4.69) is 15.6 Å². The third kappa shape index (κ3) is 3.64. The smallest absolute Gasteiger partial charge is 0.337 e. The predicted octanol–water partition coefficient (Wildman–Crippen LogP) is 1.90. The maximum Gasteiger partial charge on any atom is 0.337 e. The zero-order chi connectivity index (χ0) is 18.7. The van der Waals surface area contributed by atoms with Gasteiger partial charge in [0.25, 0.3) is 5.91 Å². The number of amides is 1. The van der Waals surface area contributed by atoms with Crippen LogP contribution in [0, 0.1) is 13.8 Å². The molecule has 134 valence electrons. The van der Waals surface area contributed by atoms with Gasteiger partial charge in [-0.15, -0.1) is 5.10 Å². The molecule has 3 aromatic rings. The third-order valence-electron chi connectivity index (χ3n) is 3.94. The van der Waals surface area contributed by atoms with E-state index in [1.807, 2.05) is 32.0 Å². The molecule has 0 spiro atoms. The van der Waals surface area contributed by atoms with Crippen molar-refractivity contribution in [2.75, 3.05) is 19.0 Å². The zero-order valence-corrected chi connectivity index (χ0v) is 14.6. The average molecular weight is 354 g/mol. The molecule has 0 aliphatic heterocycles. The van der Waals surface area contributed by atoms with E-state index in [1.165, 1.54) is 7.11 Å². The summed E-state index contributed by atoms with van der Waals surface area (Å²) in [6, 6.07) is 10.4. The molecule has 1 aromatic heterocycles. The summed E-state index contributed by atoms with van der Waals surface area (Å²) in [5, 5.41) is 10.5. The van der Waals surface area contributed by atoms with E-state index < -0.39 is 5.97 Å². The van der Waals surface area contributed by atoms with E-state index in [-0.39, 0.29) is 12.5 Å². The van der Waals surface area contributed by atoms with Gasteiger partial charge in [0, 0.05) is 5.69 Å². The highest BCUT2D eigenvalue weighted by atomic mass is 16.7. The van der Waals surface area contributed by atoms with Crippen molar-refractivity contribution in [3.8, 4) is 0 Å². The van der Waals surface area contributed by atoms with Gasteiger partial charge in [-0.25, -0.2) is 4.79 Å². The molecule has 0 unspecified atom stereocenters. The molecular weight excluding hydrogens is 336 g/mol. The van der Waals surface area contributed by atoms with Crippen molar-refractivity contribution in [2.45, 2.75) is 13.8 Å². The van der Waals surface area contributed by atoms with Crippen molar-refractivity contribution in [1.29, 1.82) is 0 Å². The van der Waals surface area contributed by atoms with Crippen LogP contribution in [-0.4, -0.2) is 40.8 Å². The number of nitrogens with zero attached hydrogens (tertiary/aromatic N) is 3. The molecule has 0 saturated carbocycles. The van der Waals surface area contributed by atoms with Crippen LogP contribution in [0.5, 0.6) is 0 Å². The van der Waals surface area contributed by atoms with Crippen LogP contribution in [0.1, 0.15) is 21.5 Å². The molecule has 8 heteroatoms. The summed E-state index contributed by atoms with van der Waals surface area (Å²) in [6.07, 6.45) is 0. The summed E-state index contributed by atoms with van der Waals surface area (Å²) in [5.41, 5.74) is 4.26. The monoisotopic (exact) mass is 354 g/mol. The molecule has 0 aliphatic carbocycles. The van der Waals surface area contributed by atoms with Crippen molar-refractivity contribution >= 4 is 28.6 Å². The average Bonchev–Trinajstić information content (AvgIpc) is 3.04. The van der Waals surface area contributed by atoms with Crippen LogP contribution >= 0.6 is 0 Å². The number of aromatic nitrogens is 3. The number of nitrogens with one attached hydrogen (secondary N) is 1. The normalized spacial score (nSPS) is 10.6. The Morgan fingerprint density at radius 2 is 1.92 bits per heavy atom. The van der Waals surface area contributed by atoms with Gasteiger partial charge in [0.2, 0.25) is 0 Å². The Hall–Kier alpha value is -3.42. The van der Waals surface area contributed by atoms with Crippen molar-refractivity contribution in [1.82, 2.24) is 15.2 Å². The van der Waals surface area contributed by atoms with Gasteiger partial charge in [-0.2, -0.15) is 0 Å². The Morgan fingerprint density at radius 1 is 1.12 bits per heavy atom. The number of ether oxygens (including phenoxy) is 1. The maximum atomic E-state index is 12.1. The van der Waals surface area contributed by atoms with Crippen LogP contribution in [0.3, 0.4) is 0 Å². The summed E-state index contributed by atoms with van der Waals surface area (Å²) in [7, 11) is 1.30. The fourth-order valence-electron chi connectivity index (χ4n) is 2.37. The predicted molar refractivity (Wildman–Crippen MR) is 94.9 cm³/mol. The fourth-order valence-corrected chi connectivity index (χ4v) is 2.37. The summed E-state index contributed by atoms with van der Waals surface area (Å²) < 4.78 is 4.69. The molecule has 2 aromatic carbocycles. The van der Waals surface area contributed by atoms with Gasteiger partial charge in [-0.1, -0.05) is 10.9 Å². The molecule has 26 heavy (non-hydrogen) atoms. The molecule has 0 saturated heterocycles. The second-order valence-electron chi connectivity index (χ2n) is 5.78. The molecule has 0 fully saturated rings. The van der Waals surface area contributed by atoms with E-state index in [9.17, 15) is 9.59 Å². The van der Waals surface area contributed by atoms with Gasteiger partial charge in [0.05, 0.1) is 12.7 Å². The molecule has 0 atom stereocenters. The van der Waals surface area contributed by atoms with Crippen molar-refractivity contribution in [3.05, 3.63) is 53.1 Å². The SMILES string of the molecule is COC(=O)c1ccc2nnn(OCC(=O)Nc3ccc(C)c(C)c3)c2c1. The third-order valence-corrected chi connectivity index (χ3v) is 3.94. The molecule has 0 radical (unpaired) electrons. The van der Waals surface area contributed by atoms with Crippen molar-refractivity contribution in [3.63, 3.8) is 0 Å². The van der Waals surface area contributed by atoms with E-state index in [0.29, 0.717) is 22.3 Å². The van der Waals surface area contributed by atoms with Crippen LogP contribution in [-0.2, 0) is 9.53 Å². The molecule has 1 N–H and O–H groups in total. The number of carbonyl (C=O) groups excluding carboxylic acids is 2. The number of carbonyl (C=O) groups is 2. The number of rotatable bonds is 5. The van der Waals surface area contributed by atoms with Crippen molar-refractivity contribution < 1.29 is 19.2 Å². The highest BCUT2D eigenvalue weighted by Crippen LogP contribution is 2.15. The molecule has 8 nitrogen and oxygen atoms in total. The quantitative estimate of drug-likeness (QED) is 0.703. The summed E-state index contributed by atoms with van der Waals surface area (Å²) in [4.78, 5) is 30.2. The van der Waals surface area contributed by atoms with Gasteiger partial charge in [-0.05, 0) is 60.5 Å². The minimum Gasteiger partial charge on any atom is -0.465 e. The maximum absolute atomic E-state index is 12.1. The molecule has 3 rings (SSSR count). The van der Waals surface area contributed by atoms with Crippen LogP contribution < -0.4 is 10.2 Å². The minimum atomic E-state index is -0.480. The second kappa shape index (κ2) is 7.22. The summed E-state index contributed by atoms with van der Waals surface area (Å²) >= 11 is 0.